The minimum Gasteiger partial charge on any atom is -0.478 e. The van der Waals surface area contributed by atoms with Gasteiger partial charge in [0.1, 0.15) is 16.9 Å². The number of ether oxygens (including phenoxy) is 1. The summed E-state index contributed by atoms with van der Waals surface area (Å²) in [5.41, 5.74) is -4.40. The van der Waals surface area contributed by atoms with Crippen LogP contribution in [-0.4, -0.2) is 29.0 Å². The lowest BCUT2D eigenvalue weighted by molar-refractivity contribution is -0.143. The van der Waals surface area contributed by atoms with Gasteiger partial charge in [0.15, 0.2) is 5.78 Å². The number of rotatable bonds is 3. The number of aromatic nitrogens is 1. The molecule has 130 valence electrons. The van der Waals surface area contributed by atoms with E-state index in [0.717, 1.165) is 12.1 Å². The first-order valence-corrected chi connectivity index (χ1v) is 7.04. The van der Waals surface area contributed by atoms with Crippen LogP contribution in [0.25, 0.3) is 0 Å². The highest BCUT2D eigenvalue weighted by molar-refractivity contribution is 6.19. The highest BCUT2D eigenvalue weighted by Gasteiger charge is 2.49. The smallest absolute Gasteiger partial charge is 0.433 e. The molecule has 0 radical (unpaired) electrons. The van der Waals surface area contributed by atoms with Crippen LogP contribution in [0.2, 0.25) is 0 Å². The van der Waals surface area contributed by atoms with Crippen LogP contribution in [0.5, 0.6) is 0 Å². The van der Waals surface area contributed by atoms with Crippen molar-refractivity contribution in [3.63, 3.8) is 0 Å². The van der Waals surface area contributed by atoms with Gasteiger partial charge in [0, 0.05) is 12.5 Å². The number of halogens is 3. The molecular formula is C16H16F3NO4. The molecule has 1 heterocycles. The van der Waals surface area contributed by atoms with Crippen LogP contribution in [0.1, 0.15) is 31.7 Å². The summed E-state index contributed by atoms with van der Waals surface area (Å²) in [6, 6.07) is 3.30. The molecule has 0 fully saturated rings. The lowest BCUT2D eigenvalue weighted by Gasteiger charge is -2.40. The van der Waals surface area contributed by atoms with Crippen LogP contribution in [-0.2, 0) is 26.1 Å². The fourth-order valence-corrected chi connectivity index (χ4v) is 2.84. The standard InChI is InChI=1S/C16H16F3NO4/c1-14(2)8-15(24-3,7-9(12(14)21)13(22)23)10-5-4-6-11(20-10)16(17,18)19/h4-7H,8H2,1-3H3,(H,22,23). The number of alkyl halides is 3. The molecule has 0 spiro atoms. The number of methoxy groups -OCH3 is 1. The Balaban J connectivity index is 2.68. The number of carbonyl (C=O) groups excluding carboxylic acids is 1. The molecular weight excluding hydrogens is 327 g/mol. The number of pyridine rings is 1. The molecule has 1 aromatic rings. The van der Waals surface area contributed by atoms with Gasteiger partial charge in [0.2, 0.25) is 0 Å². The molecule has 8 heteroatoms. The number of ketones is 1. The van der Waals surface area contributed by atoms with Gasteiger partial charge in [0.25, 0.3) is 0 Å². The summed E-state index contributed by atoms with van der Waals surface area (Å²) >= 11 is 0. The van der Waals surface area contributed by atoms with E-state index < -0.39 is 40.2 Å². The number of nitrogens with zero attached hydrogens (tertiary/aromatic N) is 1. The molecule has 24 heavy (non-hydrogen) atoms. The summed E-state index contributed by atoms with van der Waals surface area (Å²) in [6.45, 7) is 3.04. The van der Waals surface area contributed by atoms with Crippen LogP contribution >= 0.6 is 0 Å². The Bertz CT molecular complexity index is 724. The highest BCUT2D eigenvalue weighted by atomic mass is 19.4. The number of carbonyl (C=O) groups is 2. The Morgan fingerprint density at radius 3 is 2.46 bits per heavy atom. The molecule has 0 saturated carbocycles. The van der Waals surface area contributed by atoms with E-state index in [2.05, 4.69) is 4.98 Å². The summed E-state index contributed by atoms with van der Waals surface area (Å²) in [5, 5.41) is 9.25. The predicted octanol–water partition coefficient (Wildman–Crippen LogP) is 2.95. The van der Waals surface area contributed by atoms with Crippen molar-refractivity contribution in [2.45, 2.75) is 32.0 Å². The fraction of sp³-hybridized carbons (Fsp3) is 0.438. The maximum atomic E-state index is 12.9. The largest absolute Gasteiger partial charge is 0.478 e. The zero-order valence-corrected chi connectivity index (χ0v) is 13.3. The first kappa shape index (κ1) is 18.1. The fourth-order valence-electron chi connectivity index (χ4n) is 2.84. The van der Waals surface area contributed by atoms with E-state index in [1.165, 1.54) is 33.1 Å². The van der Waals surface area contributed by atoms with Crippen molar-refractivity contribution in [1.82, 2.24) is 4.98 Å². The number of Topliss-reactive ketones (excluding diaryl/α,β-unsaturated/α-hetero) is 1. The van der Waals surface area contributed by atoms with Crippen molar-refractivity contribution < 1.29 is 32.6 Å². The van der Waals surface area contributed by atoms with Crippen molar-refractivity contribution in [3.05, 3.63) is 41.2 Å². The molecule has 0 amide bonds. The third-order valence-electron chi connectivity index (χ3n) is 4.01. The molecule has 5 nitrogen and oxygen atoms in total. The van der Waals surface area contributed by atoms with Gasteiger partial charge in [-0.05, 0) is 24.6 Å². The van der Waals surface area contributed by atoms with Crippen molar-refractivity contribution in [2.24, 2.45) is 5.41 Å². The van der Waals surface area contributed by atoms with Crippen molar-refractivity contribution in [3.8, 4) is 0 Å². The van der Waals surface area contributed by atoms with Crippen molar-refractivity contribution in [2.75, 3.05) is 7.11 Å². The molecule has 1 aliphatic carbocycles. The van der Waals surface area contributed by atoms with Crippen LogP contribution in [0.15, 0.2) is 29.8 Å². The summed E-state index contributed by atoms with van der Waals surface area (Å²) in [7, 11) is 1.24. The van der Waals surface area contributed by atoms with Gasteiger partial charge in [0.05, 0.1) is 5.69 Å². The van der Waals surface area contributed by atoms with Gasteiger partial charge in [-0.1, -0.05) is 19.9 Å². The van der Waals surface area contributed by atoms with E-state index in [4.69, 9.17) is 4.74 Å². The third-order valence-corrected chi connectivity index (χ3v) is 4.01. The molecule has 0 aromatic carbocycles. The number of carboxylic acid groups (broad SMARTS) is 1. The van der Waals surface area contributed by atoms with E-state index >= 15 is 0 Å². The third kappa shape index (κ3) is 3.06. The molecule has 0 bridgehead atoms. The molecule has 1 aromatic heterocycles. The summed E-state index contributed by atoms with van der Waals surface area (Å²) in [6.07, 6.45) is -3.63. The van der Waals surface area contributed by atoms with E-state index in [1.54, 1.807) is 0 Å². The normalized spacial score (nSPS) is 23.8. The summed E-state index contributed by atoms with van der Waals surface area (Å²) in [4.78, 5) is 27.2. The van der Waals surface area contributed by atoms with Gasteiger partial charge >= 0.3 is 12.1 Å². The van der Waals surface area contributed by atoms with Gasteiger partial charge in [-0.3, -0.25) is 4.79 Å². The van der Waals surface area contributed by atoms with Gasteiger partial charge < -0.3 is 9.84 Å². The second-order valence-electron chi connectivity index (χ2n) is 6.25. The average Bonchev–Trinajstić information content (AvgIpc) is 2.49. The van der Waals surface area contributed by atoms with Crippen molar-refractivity contribution in [1.29, 1.82) is 0 Å². The lowest BCUT2D eigenvalue weighted by atomic mass is 9.68. The minimum absolute atomic E-state index is 0.0274. The Kier molecular flexibility index (Phi) is 4.30. The minimum atomic E-state index is -4.65. The SMILES string of the molecule is COC1(c2cccc(C(F)(F)F)n2)C=C(C(=O)O)C(=O)C(C)(C)C1. The van der Waals surface area contributed by atoms with Gasteiger partial charge in [-0.2, -0.15) is 13.2 Å². The number of aliphatic carboxylic acids is 1. The monoisotopic (exact) mass is 343 g/mol. The second kappa shape index (κ2) is 5.70. The first-order chi connectivity index (χ1) is 10.9. The van der Waals surface area contributed by atoms with E-state index in [9.17, 15) is 27.9 Å². The quantitative estimate of drug-likeness (QED) is 0.854. The van der Waals surface area contributed by atoms with E-state index in [-0.39, 0.29) is 12.1 Å². The number of hydrogen-bond acceptors (Lipinski definition) is 4. The van der Waals surface area contributed by atoms with Crippen molar-refractivity contribution >= 4 is 11.8 Å². The Morgan fingerprint density at radius 2 is 1.96 bits per heavy atom. The molecule has 2 rings (SSSR count). The molecule has 1 atom stereocenters. The topological polar surface area (TPSA) is 76.5 Å². The Labute approximate surface area is 136 Å². The van der Waals surface area contributed by atoms with Crippen LogP contribution in [0, 0.1) is 5.41 Å². The Morgan fingerprint density at radius 1 is 1.33 bits per heavy atom. The average molecular weight is 343 g/mol. The number of hydrogen-bond donors (Lipinski definition) is 1. The van der Waals surface area contributed by atoms with E-state index in [0.29, 0.717) is 0 Å². The highest BCUT2D eigenvalue weighted by Crippen LogP contribution is 2.45. The van der Waals surface area contributed by atoms with Gasteiger partial charge in [-0.15, -0.1) is 0 Å². The van der Waals surface area contributed by atoms with Crippen LogP contribution in [0.4, 0.5) is 13.2 Å². The Hall–Kier alpha value is -2.22. The maximum absolute atomic E-state index is 12.9. The molecule has 0 aliphatic heterocycles. The van der Waals surface area contributed by atoms with Crippen LogP contribution < -0.4 is 0 Å². The van der Waals surface area contributed by atoms with Gasteiger partial charge in [-0.25, -0.2) is 9.78 Å². The maximum Gasteiger partial charge on any atom is 0.433 e. The first-order valence-electron chi connectivity index (χ1n) is 7.04. The predicted molar refractivity (Wildman–Crippen MR) is 77.0 cm³/mol. The summed E-state index contributed by atoms with van der Waals surface area (Å²) in [5.74, 6) is -2.06. The second-order valence-corrected chi connectivity index (χ2v) is 6.25. The zero-order chi connectivity index (χ0) is 18.3. The molecule has 0 saturated heterocycles. The van der Waals surface area contributed by atoms with E-state index in [1.807, 2.05) is 0 Å². The lowest BCUT2D eigenvalue weighted by Crippen LogP contribution is -2.44. The molecule has 1 N–H and O–H groups in total. The number of carboxylic acids is 1. The van der Waals surface area contributed by atoms with Crippen LogP contribution in [0.3, 0.4) is 0 Å². The summed E-state index contributed by atoms with van der Waals surface area (Å²) < 4.78 is 44.1. The zero-order valence-electron chi connectivity index (χ0n) is 13.3. The molecule has 1 unspecified atom stereocenters. The molecule has 1 aliphatic rings.